The first-order chi connectivity index (χ1) is 9.88. The lowest BCUT2D eigenvalue weighted by Crippen LogP contribution is -2.24. The molecule has 0 aliphatic heterocycles. The van der Waals surface area contributed by atoms with E-state index >= 15 is 0 Å². The minimum Gasteiger partial charge on any atom is -0.234 e. The maximum absolute atomic E-state index is 12.3. The highest BCUT2D eigenvalue weighted by atomic mass is 32.2. The summed E-state index contributed by atoms with van der Waals surface area (Å²) in [6.45, 7) is 10.3. The summed E-state index contributed by atoms with van der Waals surface area (Å²) in [6.07, 6.45) is 4.01. The molecule has 0 aliphatic rings. The molecule has 0 N–H and O–H groups in total. The summed E-state index contributed by atoms with van der Waals surface area (Å²) in [4.78, 5) is 0. The molecular formula is C18H29NOS. The van der Waals surface area contributed by atoms with E-state index in [2.05, 4.69) is 42.5 Å². The van der Waals surface area contributed by atoms with E-state index in [1.165, 1.54) is 5.56 Å². The maximum Gasteiger partial charge on any atom is 0.144 e. The van der Waals surface area contributed by atoms with E-state index in [0.717, 1.165) is 31.4 Å². The molecule has 0 radical (unpaired) electrons. The fourth-order valence-electron chi connectivity index (χ4n) is 2.22. The summed E-state index contributed by atoms with van der Waals surface area (Å²) >= 11 is 0. The van der Waals surface area contributed by atoms with Gasteiger partial charge in [0.1, 0.15) is 11.0 Å². The molecule has 0 fully saturated rings. The molecule has 0 aromatic heterocycles. The van der Waals surface area contributed by atoms with Crippen LogP contribution in [0, 0.1) is 5.92 Å². The molecule has 3 heteroatoms. The number of rotatable bonds is 7. The van der Waals surface area contributed by atoms with Crippen molar-refractivity contribution in [3.63, 3.8) is 0 Å². The molecular weight excluding hydrogens is 278 g/mol. The first-order valence-corrected chi connectivity index (χ1v) is 9.02. The van der Waals surface area contributed by atoms with Gasteiger partial charge in [-0.15, -0.1) is 0 Å². The van der Waals surface area contributed by atoms with Crippen LogP contribution in [0.5, 0.6) is 0 Å². The largest absolute Gasteiger partial charge is 0.234 e. The number of hydrogen-bond donors (Lipinski definition) is 0. The van der Waals surface area contributed by atoms with Crippen LogP contribution in [0.1, 0.15) is 59.4 Å². The molecule has 1 aromatic carbocycles. The summed E-state index contributed by atoms with van der Waals surface area (Å²) in [6, 6.07) is 10.5. The highest BCUT2D eigenvalue weighted by Crippen LogP contribution is 2.20. The first kappa shape index (κ1) is 18.1. The molecule has 0 saturated heterocycles. The van der Waals surface area contributed by atoms with E-state index in [1.807, 2.05) is 26.8 Å². The average molecular weight is 308 g/mol. The topological polar surface area (TPSA) is 29.4 Å². The lowest BCUT2D eigenvalue weighted by Gasteiger charge is -2.20. The standard InChI is InChI=1S/C18H29NOS/c1-6-11-17(19-21(20)18(3,4)5)16(7-2)14-15-12-9-8-10-13-15/h8-10,12-13,16H,6-7,11,14H2,1-5H3/b19-17+. The Morgan fingerprint density at radius 3 is 2.29 bits per heavy atom. The Morgan fingerprint density at radius 2 is 1.81 bits per heavy atom. The second-order valence-corrected chi connectivity index (χ2v) is 8.39. The molecule has 0 heterocycles. The fourth-order valence-corrected chi connectivity index (χ4v) is 2.95. The normalized spacial score (nSPS) is 15.8. The first-order valence-electron chi connectivity index (χ1n) is 7.91. The third kappa shape index (κ3) is 6.13. The Bertz CT molecular complexity index is 474. The Hall–Kier alpha value is -0.960. The molecule has 0 spiro atoms. The SMILES string of the molecule is CCC/C(=N\S(=O)C(C)(C)C)C(CC)Cc1ccccc1. The van der Waals surface area contributed by atoms with Crippen molar-refractivity contribution in [2.45, 2.75) is 65.0 Å². The lowest BCUT2D eigenvalue weighted by atomic mass is 9.90. The molecule has 118 valence electrons. The summed E-state index contributed by atoms with van der Waals surface area (Å²) in [5.74, 6) is 0.388. The van der Waals surface area contributed by atoms with Crippen LogP contribution in [0.2, 0.25) is 0 Å². The van der Waals surface area contributed by atoms with Crippen molar-refractivity contribution in [2.24, 2.45) is 10.3 Å². The molecule has 21 heavy (non-hydrogen) atoms. The van der Waals surface area contributed by atoms with Gasteiger partial charge in [-0.3, -0.25) is 0 Å². The van der Waals surface area contributed by atoms with Gasteiger partial charge in [0.05, 0.1) is 4.75 Å². The van der Waals surface area contributed by atoms with Crippen LogP contribution < -0.4 is 0 Å². The molecule has 2 nitrogen and oxygen atoms in total. The minimum atomic E-state index is -1.16. The van der Waals surface area contributed by atoms with Crippen LogP contribution in [0.3, 0.4) is 0 Å². The summed E-state index contributed by atoms with van der Waals surface area (Å²) < 4.78 is 16.7. The van der Waals surface area contributed by atoms with E-state index in [0.29, 0.717) is 5.92 Å². The average Bonchev–Trinajstić information content (AvgIpc) is 2.44. The van der Waals surface area contributed by atoms with E-state index < -0.39 is 11.0 Å². The molecule has 0 bridgehead atoms. The van der Waals surface area contributed by atoms with Crippen molar-refractivity contribution < 1.29 is 4.21 Å². The van der Waals surface area contributed by atoms with Gasteiger partial charge >= 0.3 is 0 Å². The molecule has 0 saturated carbocycles. The van der Waals surface area contributed by atoms with Gasteiger partial charge in [-0.1, -0.05) is 50.6 Å². The van der Waals surface area contributed by atoms with Gasteiger partial charge in [0.25, 0.3) is 0 Å². The van der Waals surface area contributed by atoms with Crippen LogP contribution in [-0.2, 0) is 17.4 Å². The summed E-state index contributed by atoms with van der Waals surface area (Å²) in [5, 5.41) is 0. The molecule has 1 rings (SSSR count). The van der Waals surface area contributed by atoms with E-state index in [-0.39, 0.29) is 4.75 Å². The zero-order valence-corrected chi connectivity index (χ0v) is 14.9. The highest BCUT2D eigenvalue weighted by molar-refractivity contribution is 7.85. The van der Waals surface area contributed by atoms with Crippen LogP contribution in [0.15, 0.2) is 34.7 Å². The third-order valence-electron chi connectivity index (χ3n) is 3.52. The van der Waals surface area contributed by atoms with E-state index in [4.69, 9.17) is 0 Å². The quantitative estimate of drug-likeness (QED) is 0.655. The molecule has 0 aliphatic carbocycles. The van der Waals surface area contributed by atoms with Gasteiger partial charge in [-0.2, -0.15) is 4.40 Å². The van der Waals surface area contributed by atoms with Crippen molar-refractivity contribution in [3.8, 4) is 0 Å². The second kappa shape index (κ2) is 8.47. The van der Waals surface area contributed by atoms with Crippen LogP contribution in [-0.4, -0.2) is 14.7 Å². The van der Waals surface area contributed by atoms with Crippen molar-refractivity contribution >= 4 is 16.7 Å². The molecule has 1 aromatic rings. The minimum absolute atomic E-state index is 0.288. The maximum atomic E-state index is 12.3. The monoisotopic (exact) mass is 307 g/mol. The predicted molar refractivity (Wildman–Crippen MR) is 94.2 cm³/mol. The van der Waals surface area contributed by atoms with Gasteiger partial charge in [0, 0.05) is 11.6 Å². The summed E-state index contributed by atoms with van der Waals surface area (Å²) in [5.41, 5.74) is 2.45. The van der Waals surface area contributed by atoms with Crippen molar-refractivity contribution in [1.82, 2.24) is 0 Å². The van der Waals surface area contributed by atoms with Gasteiger partial charge in [0.2, 0.25) is 0 Å². The van der Waals surface area contributed by atoms with Crippen molar-refractivity contribution in [1.29, 1.82) is 0 Å². The Labute approximate surface area is 132 Å². The van der Waals surface area contributed by atoms with E-state index in [9.17, 15) is 4.21 Å². The molecule has 0 amide bonds. The second-order valence-electron chi connectivity index (χ2n) is 6.49. The Kier molecular flexibility index (Phi) is 7.30. The van der Waals surface area contributed by atoms with Crippen LogP contribution >= 0.6 is 0 Å². The molecule has 2 atom stereocenters. The van der Waals surface area contributed by atoms with Crippen LogP contribution in [0.4, 0.5) is 0 Å². The van der Waals surface area contributed by atoms with Crippen molar-refractivity contribution in [3.05, 3.63) is 35.9 Å². The third-order valence-corrected chi connectivity index (χ3v) is 4.97. The fraction of sp³-hybridized carbons (Fsp3) is 0.611. The zero-order chi connectivity index (χ0) is 15.9. The van der Waals surface area contributed by atoms with Gasteiger partial charge in [-0.05, 0) is 45.6 Å². The number of benzene rings is 1. The zero-order valence-electron chi connectivity index (χ0n) is 14.1. The Balaban J connectivity index is 2.95. The van der Waals surface area contributed by atoms with E-state index in [1.54, 1.807) is 0 Å². The van der Waals surface area contributed by atoms with Gasteiger partial charge < -0.3 is 0 Å². The molecule has 2 unspecified atom stereocenters. The number of hydrogen-bond acceptors (Lipinski definition) is 1. The van der Waals surface area contributed by atoms with Crippen molar-refractivity contribution in [2.75, 3.05) is 0 Å². The van der Waals surface area contributed by atoms with Gasteiger partial charge in [0.15, 0.2) is 0 Å². The predicted octanol–water partition coefficient (Wildman–Crippen LogP) is 4.96. The highest BCUT2D eigenvalue weighted by Gasteiger charge is 2.22. The number of nitrogens with zero attached hydrogens (tertiary/aromatic N) is 1. The smallest absolute Gasteiger partial charge is 0.144 e. The summed E-state index contributed by atoms with van der Waals surface area (Å²) in [7, 11) is -1.16. The van der Waals surface area contributed by atoms with Crippen LogP contribution in [0.25, 0.3) is 0 Å². The Morgan fingerprint density at radius 1 is 1.19 bits per heavy atom. The lowest BCUT2D eigenvalue weighted by molar-refractivity contribution is 0.637. The van der Waals surface area contributed by atoms with Gasteiger partial charge in [-0.25, -0.2) is 4.21 Å².